The summed E-state index contributed by atoms with van der Waals surface area (Å²) in [5.74, 6) is 2.47. The van der Waals surface area contributed by atoms with E-state index in [2.05, 4.69) is 53.6 Å². The minimum atomic E-state index is 0.252. The first-order chi connectivity index (χ1) is 14.2. The van der Waals surface area contributed by atoms with E-state index in [9.17, 15) is 0 Å². The van der Waals surface area contributed by atoms with Crippen molar-refractivity contribution in [2.45, 2.75) is 64.5 Å². The van der Waals surface area contributed by atoms with Gasteiger partial charge in [-0.3, -0.25) is 0 Å². The van der Waals surface area contributed by atoms with Crippen molar-refractivity contribution >= 4 is 0 Å². The highest BCUT2D eigenvalue weighted by Crippen LogP contribution is 2.33. The van der Waals surface area contributed by atoms with Crippen molar-refractivity contribution < 1.29 is 4.52 Å². The minimum Gasteiger partial charge on any atom is -0.338 e. The fourth-order valence-electron chi connectivity index (χ4n) is 4.38. The smallest absolute Gasteiger partial charge is 0.240 e. The highest BCUT2D eigenvalue weighted by Gasteiger charge is 2.19. The molecule has 4 heteroatoms. The van der Waals surface area contributed by atoms with Gasteiger partial charge in [0, 0.05) is 11.6 Å². The van der Waals surface area contributed by atoms with Crippen LogP contribution in [0.4, 0.5) is 0 Å². The van der Waals surface area contributed by atoms with E-state index < -0.39 is 0 Å². The fourth-order valence-corrected chi connectivity index (χ4v) is 4.38. The zero-order valence-electron chi connectivity index (χ0n) is 17.5. The molecule has 0 saturated heterocycles. The van der Waals surface area contributed by atoms with Crippen molar-refractivity contribution in [2.24, 2.45) is 5.92 Å². The number of nitrogens with zero attached hydrogens (tertiary/aromatic N) is 2. The second-order valence-electron chi connectivity index (χ2n) is 8.48. The number of hydrogen-bond acceptors (Lipinski definition) is 4. The van der Waals surface area contributed by atoms with Gasteiger partial charge in [-0.15, -0.1) is 0 Å². The van der Waals surface area contributed by atoms with Crippen molar-refractivity contribution in [1.82, 2.24) is 15.5 Å². The van der Waals surface area contributed by atoms with Crippen molar-refractivity contribution in [1.29, 1.82) is 0 Å². The third kappa shape index (κ3) is 4.94. The normalized spacial score (nSPS) is 16.2. The molecule has 1 unspecified atom stereocenters. The lowest BCUT2D eigenvalue weighted by Gasteiger charge is -2.25. The SMILES string of the molecule is CC(C)C(NCc1nc(-c2ccccc2)no1)c1ccc(C2CCCCC2)cc1. The lowest BCUT2D eigenvalue weighted by molar-refractivity contribution is 0.337. The van der Waals surface area contributed by atoms with Crippen LogP contribution in [-0.4, -0.2) is 10.1 Å². The molecule has 4 rings (SSSR count). The van der Waals surface area contributed by atoms with Gasteiger partial charge < -0.3 is 9.84 Å². The zero-order valence-corrected chi connectivity index (χ0v) is 17.5. The fraction of sp³-hybridized carbons (Fsp3) is 0.440. The van der Waals surface area contributed by atoms with Crippen molar-refractivity contribution in [3.05, 3.63) is 71.6 Å². The van der Waals surface area contributed by atoms with Crippen LogP contribution in [0.15, 0.2) is 59.1 Å². The average Bonchev–Trinajstić information content (AvgIpc) is 3.24. The Balaban J connectivity index is 1.41. The molecule has 0 bridgehead atoms. The Morgan fingerprint density at radius 2 is 1.69 bits per heavy atom. The molecule has 29 heavy (non-hydrogen) atoms. The molecular weight excluding hydrogens is 358 g/mol. The molecule has 1 aromatic heterocycles. The Hall–Kier alpha value is -2.46. The minimum absolute atomic E-state index is 0.252. The Bertz CT molecular complexity index is 880. The summed E-state index contributed by atoms with van der Waals surface area (Å²) in [7, 11) is 0. The summed E-state index contributed by atoms with van der Waals surface area (Å²) >= 11 is 0. The number of benzene rings is 2. The van der Waals surface area contributed by atoms with Crippen LogP contribution in [0.1, 0.15) is 74.9 Å². The molecule has 0 aliphatic heterocycles. The molecule has 152 valence electrons. The first kappa shape index (κ1) is 19.8. The maximum absolute atomic E-state index is 5.46. The Kier molecular flexibility index (Phi) is 6.40. The molecule has 4 nitrogen and oxygen atoms in total. The van der Waals surface area contributed by atoms with Crippen LogP contribution in [0.5, 0.6) is 0 Å². The van der Waals surface area contributed by atoms with Crippen molar-refractivity contribution in [2.75, 3.05) is 0 Å². The molecule has 0 spiro atoms. The number of nitrogens with one attached hydrogen (secondary N) is 1. The standard InChI is InChI=1S/C25H31N3O/c1-18(2)24(21-15-13-20(14-16-21)19-9-5-3-6-10-19)26-17-23-27-25(28-29-23)22-11-7-4-8-12-22/h4,7-8,11-16,18-19,24,26H,3,5-6,9-10,17H2,1-2H3. The van der Waals surface area contributed by atoms with Gasteiger partial charge in [0.05, 0.1) is 6.54 Å². The van der Waals surface area contributed by atoms with Crippen LogP contribution in [-0.2, 0) is 6.54 Å². The Morgan fingerprint density at radius 3 is 2.38 bits per heavy atom. The molecule has 1 fully saturated rings. The van der Waals surface area contributed by atoms with E-state index >= 15 is 0 Å². The maximum atomic E-state index is 5.46. The second-order valence-corrected chi connectivity index (χ2v) is 8.48. The average molecular weight is 390 g/mol. The predicted molar refractivity (Wildman–Crippen MR) is 116 cm³/mol. The maximum Gasteiger partial charge on any atom is 0.240 e. The van der Waals surface area contributed by atoms with E-state index in [4.69, 9.17) is 4.52 Å². The summed E-state index contributed by atoms with van der Waals surface area (Å²) in [4.78, 5) is 4.54. The van der Waals surface area contributed by atoms with Gasteiger partial charge in [0.15, 0.2) is 0 Å². The van der Waals surface area contributed by atoms with Gasteiger partial charge in [-0.2, -0.15) is 4.98 Å². The van der Waals surface area contributed by atoms with E-state index in [0.29, 0.717) is 24.2 Å². The molecule has 1 aliphatic rings. The van der Waals surface area contributed by atoms with Crippen LogP contribution in [0.3, 0.4) is 0 Å². The lowest BCUT2D eigenvalue weighted by Crippen LogP contribution is -2.25. The molecule has 1 N–H and O–H groups in total. The summed E-state index contributed by atoms with van der Waals surface area (Å²) in [5.41, 5.74) is 3.80. The first-order valence-corrected chi connectivity index (χ1v) is 10.9. The van der Waals surface area contributed by atoms with Gasteiger partial charge in [-0.05, 0) is 35.8 Å². The molecule has 1 atom stereocenters. The van der Waals surface area contributed by atoms with E-state index in [-0.39, 0.29) is 6.04 Å². The number of rotatable bonds is 7. The van der Waals surface area contributed by atoms with E-state index in [0.717, 1.165) is 11.5 Å². The number of hydrogen-bond donors (Lipinski definition) is 1. The van der Waals surface area contributed by atoms with Crippen LogP contribution in [0, 0.1) is 5.92 Å². The second kappa shape index (κ2) is 9.36. The molecule has 0 radical (unpaired) electrons. The van der Waals surface area contributed by atoms with Gasteiger partial charge in [0.25, 0.3) is 0 Å². The molecule has 1 heterocycles. The van der Waals surface area contributed by atoms with Crippen LogP contribution in [0.2, 0.25) is 0 Å². The third-order valence-corrected chi connectivity index (χ3v) is 6.01. The molecule has 3 aromatic rings. The first-order valence-electron chi connectivity index (χ1n) is 10.9. The Labute approximate surface area is 173 Å². The predicted octanol–water partition coefficient (Wildman–Crippen LogP) is 6.27. The van der Waals surface area contributed by atoms with Crippen LogP contribution in [0.25, 0.3) is 11.4 Å². The monoisotopic (exact) mass is 389 g/mol. The van der Waals surface area contributed by atoms with Gasteiger partial charge in [0.1, 0.15) is 0 Å². The quantitative estimate of drug-likeness (QED) is 0.517. The highest BCUT2D eigenvalue weighted by atomic mass is 16.5. The van der Waals surface area contributed by atoms with E-state index in [1.54, 1.807) is 0 Å². The summed E-state index contributed by atoms with van der Waals surface area (Å²) in [5, 5.41) is 7.74. The van der Waals surface area contributed by atoms with Gasteiger partial charge in [0.2, 0.25) is 11.7 Å². The van der Waals surface area contributed by atoms with Gasteiger partial charge in [-0.25, -0.2) is 0 Å². The molecule has 1 saturated carbocycles. The summed E-state index contributed by atoms with van der Waals surface area (Å²) in [6, 6.07) is 19.5. The van der Waals surface area contributed by atoms with Gasteiger partial charge >= 0.3 is 0 Å². The van der Waals surface area contributed by atoms with Crippen molar-refractivity contribution in [3.63, 3.8) is 0 Å². The van der Waals surface area contributed by atoms with Gasteiger partial charge in [-0.1, -0.05) is 92.9 Å². The summed E-state index contributed by atoms with van der Waals surface area (Å²) < 4.78 is 5.46. The van der Waals surface area contributed by atoms with Crippen LogP contribution >= 0.6 is 0 Å². The van der Waals surface area contributed by atoms with E-state index in [1.807, 2.05) is 30.3 Å². The molecular formula is C25H31N3O. The third-order valence-electron chi connectivity index (χ3n) is 6.01. The zero-order chi connectivity index (χ0) is 20.1. The lowest BCUT2D eigenvalue weighted by atomic mass is 9.83. The topological polar surface area (TPSA) is 51.0 Å². The number of aromatic nitrogens is 2. The summed E-state index contributed by atoms with van der Waals surface area (Å²) in [6.45, 7) is 5.05. The highest BCUT2D eigenvalue weighted by molar-refractivity contribution is 5.53. The molecule has 1 aliphatic carbocycles. The summed E-state index contributed by atoms with van der Waals surface area (Å²) in [6.07, 6.45) is 6.82. The van der Waals surface area contributed by atoms with Crippen molar-refractivity contribution in [3.8, 4) is 11.4 Å². The van der Waals surface area contributed by atoms with E-state index in [1.165, 1.54) is 43.2 Å². The molecule has 2 aromatic carbocycles. The Morgan fingerprint density at radius 1 is 0.966 bits per heavy atom. The largest absolute Gasteiger partial charge is 0.338 e. The molecule has 0 amide bonds. The van der Waals surface area contributed by atoms with Crippen LogP contribution < -0.4 is 5.32 Å².